The zero-order valence-electron chi connectivity index (χ0n) is 16.2. The molecule has 3 aromatic heterocycles. The topological polar surface area (TPSA) is 57.4 Å². The Bertz CT molecular complexity index is 1210. The molecule has 2 N–H and O–H groups in total. The minimum atomic E-state index is 0.466. The third-order valence-corrected chi connectivity index (χ3v) is 4.73. The molecule has 0 saturated carbocycles. The summed E-state index contributed by atoms with van der Waals surface area (Å²) < 4.78 is 0. The van der Waals surface area contributed by atoms with Crippen molar-refractivity contribution >= 4 is 23.1 Å². The molecule has 0 spiro atoms. The Morgan fingerprint density at radius 3 is 2.56 bits per heavy atom. The van der Waals surface area contributed by atoms with Gasteiger partial charge in [0.2, 0.25) is 0 Å². The third-order valence-electron chi connectivity index (χ3n) is 4.73. The first-order valence-electron chi connectivity index (χ1n) is 9.35. The molecule has 0 bridgehead atoms. The number of pyridine rings is 1. The number of nitrogens with one attached hydrogen (secondary N) is 2. The Morgan fingerprint density at radius 2 is 1.85 bits per heavy atom. The summed E-state index contributed by atoms with van der Waals surface area (Å²) in [6.07, 6.45) is 6.29. The third kappa shape index (κ3) is 3.19. The molecule has 0 unspecified atom stereocenters. The van der Waals surface area contributed by atoms with Crippen LogP contribution in [0.1, 0.15) is 26.5 Å². The summed E-state index contributed by atoms with van der Waals surface area (Å²) in [5.41, 5.74) is 5.05. The van der Waals surface area contributed by atoms with Crippen LogP contribution in [0.5, 0.6) is 0 Å². The molecule has 0 atom stereocenters. The lowest BCUT2D eigenvalue weighted by Gasteiger charge is -2.02. The predicted molar refractivity (Wildman–Crippen MR) is 113 cm³/mol. The SMILES string of the molecule is C/C=c1/[nH]c2c(C)nc(-c3ncc(-c4ccccc4)[nH]3)cc2/c1=C/C(C)C. The van der Waals surface area contributed by atoms with Gasteiger partial charge in [0.1, 0.15) is 5.69 Å². The lowest BCUT2D eigenvalue weighted by molar-refractivity contribution is 0.881. The first kappa shape index (κ1) is 17.3. The van der Waals surface area contributed by atoms with E-state index in [-0.39, 0.29) is 0 Å². The van der Waals surface area contributed by atoms with E-state index in [0.29, 0.717) is 5.92 Å². The summed E-state index contributed by atoms with van der Waals surface area (Å²) in [5, 5.41) is 3.58. The first-order valence-corrected chi connectivity index (χ1v) is 9.35. The van der Waals surface area contributed by atoms with Gasteiger partial charge in [-0.3, -0.25) is 0 Å². The number of fused-ring (bicyclic) bond motifs is 1. The fraction of sp³-hybridized carbons (Fsp3) is 0.217. The van der Waals surface area contributed by atoms with Crippen molar-refractivity contribution in [3.05, 3.63) is 58.9 Å². The molecule has 0 amide bonds. The van der Waals surface area contributed by atoms with Gasteiger partial charge in [-0.05, 0) is 31.4 Å². The molecule has 136 valence electrons. The number of hydrogen-bond donors (Lipinski definition) is 2. The fourth-order valence-corrected chi connectivity index (χ4v) is 3.47. The second-order valence-corrected chi connectivity index (χ2v) is 7.18. The molecule has 4 aromatic rings. The zero-order chi connectivity index (χ0) is 19.0. The quantitative estimate of drug-likeness (QED) is 0.579. The highest BCUT2D eigenvalue weighted by Crippen LogP contribution is 2.23. The normalized spacial score (nSPS) is 13.2. The number of benzene rings is 1. The summed E-state index contributed by atoms with van der Waals surface area (Å²) in [7, 11) is 0. The van der Waals surface area contributed by atoms with Crippen LogP contribution in [0.15, 0.2) is 42.6 Å². The molecule has 0 aliphatic rings. The van der Waals surface area contributed by atoms with E-state index in [2.05, 4.69) is 66.1 Å². The number of aromatic amines is 2. The van der Waals surface area contributed by atoms with Crippen LogP contribution in [0.3, 0.4) is 0 Å². The van der Waals surface area contributed by atoms with Gasteiger partial charge in [-0.1, -0.05) is 56.3 Å². The number of aromatic nitrogens is 4. The Labute approximate surface area is 158 Å². The highest BCUT2D eigenvalue weighted by Gasteiger charge is 2.12. The Hall–Kier alpha value is -3.14. The van der Waals surface area contributed by atoms with E-state index in [9.17, 15) is 0 Å². The summed E-state index contributed by atoms with van der Waals surface area (Å²) >= 11 is 0. The fourth-order valence-electron chi connectivity index (χ4n) is 3.47. The molecule has 27 heavy (non-hydrogen) atoms. The van der Waals surface area contributed by atoms with Gasteiger partial charge < -0.3 is 9.97 Å². The van der Waals surface area contributed by atoms with Crippen LogP contribution in [-0.4, -0.2) is 19.9 Å². The van der Waals surface area contributed by atoms with E-state index < -0.39 is 0 Å². The predicted octanol–water partition coefficient (Wildman–Crippen LogP) is 4.17. The van der Waals surface area contributed by atoms with Crippen LogP contribution in [0.25, 0.3) is 45.8 Å². The molecular weight excluding hydrogens is 332 g/mol. The van der Waals surface area contributed by atoms with Crippen LogP contribution >= 0.6 is 0 Å². The Kier molecular flexibility index (Phi) is 4.40. The van der Waals surface area contributed by atoms with E-state index in [1.54, 1.807) is 0 Å². The molecule has 0 fully saturated rings. The molecule has 1 aromatic carbocycles. The number of nitrogens with zero attached hydrogens (tertiary/aromatic N) is 2. The van der Waals surface area contributed by atoms with Crippen molar-refractivity contribution in [2.75, 3.05) is 0 Å². The minimum Gasteiger partial charge on any atom is -0.353 e. The summed E-state index contributed by atoms with van der Waals surface area (Å²) in [5.74, 6) is 1.26. The van der Waals surface area contributed by atoms with Gasteiger partial charge in [0.15, 0.2) is 5.82 Å². The highest BCUT2D eigenvalue weighted by atomic mass is 14.9. The average molecular weight is 356 g/mol. The van der Waals surface area contributed by atoms with E-state index in [4.69, 9.17) is 4.98 Å². The Balaban J connectivity index is 1.90. The van der Waals surface area contributed by atoms with E-state index >= 15 is 0 Å². The highest BCUT2D eigenvalue weighted by molar-refractivity contribution is 5.86. The van der Waals surface area contributed by atoms with Crippen LogP contribution in [0, 0.1) is 12.8 Å². The van der Waals surface area contributed by atoms with Crippen LogP contribution in [0.2, 0.25) is 0 Å². The van der Waals surface area contributed by atoms with Gasteiger partial charge in [-0.2, -0.15) is 0 Å². The van der Waals surface area contributed by atoms with Gasteiger partial charge in [-0.25, -0.2) is 9.97 Å². The number of imidazole rings is 1. The number of aryl methyl sites for hydroxylation is 1. The maximum Gasteiger partial charge on any atom is 0.156 e. The molecule has 4 heteroatoms. The first-order chi connectivity index (χ1) is 13.1. The summed E-state index contributed by atoms with van der Waals surface area (Å²) in [6.45, 7) is 8.50. The van der Waals surface area contributed by atoms with Crippen molar-refractivity contribution < 1.29 is 0 Å². The van der Waals surface area contributed by atoms with Gasteiger partial charge in [0.25, 0.3) is 0 Å². The molecule has 4 rings (SSSR count). The lowest BCUT2D eigenvalue weighted by atomic mass is 10.1. The molecule has 0 aliphatic carbocycles. The van der Waals surface area contributed by atoms with Crippen LogP contribution in [0.4, 0.5) is 0 Å². The molecule has 4 nitrogen and oxygen atoms in total. The summed E-state index contributed by atoms with van der Waals surface area (Å²) in [6, 6.07) is 12.4. The molecular formula is C23H24N4. The second-order valence-electron chi connectivity index (χ2n) is 7.18. The van der Waals surface area contributed by atoms with E-state index in [1.807, 2.05) is 31.3 Å². The monoisotopic (exact) mass is 356 g/mol. The number of H-pyrrole nitrogens is 2. The van der Waals surface area contributed by atoms with Gasteiger partial charge in [0, 0.05) is 16.0 Å². The van der Waals surface area contributed by atoms with Crippen molar-refractivity contribution in [3.63, 3.8) is 0 Å². The van der Waals surface area contributed by atoms with Crippen molar-refractivity contribution in [2.24, 2.45) is 5.92 Å². The van der Waals surface area contributed by atoms with E-state index in [0.717, 1.165) is 39.3 Å². The zero-order valence-corrected chi connectivity index (χ0v) is 16.2. The standard InChI is InChI=1S/C23H24N4/c1-5-19-17(11-14(2)3)18-12-20(25-15(4)22(18)26-19)23-24-13-21(27-23)16-9-7-6-8-10-16/h5-14,26H,1-4H3,(H,24,27)/b17-11-,19-5+. The van der Waals surface area contributed by atoms with Crippen LogP contribution in [-0.2, 0) is 0 Å². The average Bonchev–Trinajstić information content (AvgIpc) is 3.28. The lowest BCUT2D eigenvalue weighted by Crippen LogP contribution is -2.23. The molecule has 3 heterocycles. The Morgan fingerprint density at radius 1 is 1.07 bits per heavy atom. The van der Waals surface area contributed by atoms with Crippen LogP contribution < -0.4 is 10.6 Å². The molecule has 0 saturated heterocycles. The molecule has 0 aliphatic heterocycles. The second kappa shape index (κ2) is 6.88. The van der Waals surface area contributed by atoms with Crippen molar-refractivity contribution in [2.45, 2.75) is 27.7 Å². The molecule has 0 radical (unpaired) electrons. The van der Waals surface area contributed by atoms with Crippen molar-refractivity contribution in [1.29, 1.82) is 0 Å². The smallest absolute Gasteiger partial charge is 0.156 e. The number of hydrogen-bond acceptors (Lipinski definition) is 2. The van der Waals surface area contributed by atoms with Crippen molar-refractivity contribution in [1.82, 2.24) is 19.9 Å². The van der Waals surface area contributed by atoms with Gasteiger partial charge >= 0.3 is 0 Å². The summed E-state index contributed by atoms with van der Waals surface area (Å²) in [4.78, 5) is 16.3. The van der Waals surface area contributed by atoms with Gasteiger partial charge in [0.05, 0.1) is 23.1 Å². The van der Waals surface area contributed by atoms with E-state index in [1.165, 1.54) is 10.6 Å². The maximum absolute atomic E-state index is 4.79. The minimum absolute atomic E-state index is 0.466. The largest absolute Gasteiger partial charge is 0.353 e. The van der Waals surface area contributed by atoms with Gasteiger partial charge in [-0.15, -0.1) is 0 Å². The number of rotatable bonds is 3. The maximum atomic E-state index is 4.79. The van der Waals surface area contributed by atoms with Crippen molar-refractivity contribution in [3.8, 4) is 22.8 Å².